The van der Waals surface area contributed by atoms with Crippen LogP contribution in [-0.2, 0) is 9.59 Å². The van der Waals surface area contributed by atoms with Crippen molar-refractivity contribution in [2.24, 2.45) is 11.7 Å². The largest absolute Gasteiger partial charge is 0.342 e. The van der Waals surface area contributed by atoms with Gasteiger partial charge in [0.2, 0.25) is 11.8 Å². The van der Waals surface area contributed by atoms with Crippen molar-refractivity contribution in [3.63, 3.8) is 0 Å². The molecule has 0 spiro atoms. The summed E-state index contributed by atoms with van der Waals surface area (Å²) in [5, 5.41) is 0. The minimum Gasteiger partial charge on any atom is -0.342 e. The Morgan fingerprint density at radius 1 is 1.14 bits per heavy atom. The van der Waals surface area contributed by atoms with Crippen LogP contribution in [0.2, 0.25) is 0 Å². The van der Waals surface area contributed by atoms with E-state index in [4.69, 9.17) is 5.73 Å². The predicted octanol–water partition coefficient (Wildman–Crippen LogP) is 1.61. The fourth-order valence-corrected chi connectivity index (χ4v) is 3.08. The number of hydrogen-bond acceptors (Lipinski definition) is 3. The first kappa shape index (κ1) is 18.0. The van der Waals surface area contributed by atoms with Crippen LogP contribution in [0.5, 0.6) is 0 Å². The second-order valence-corrected chi connectivity index (χ2v) is 6.15. The first-order valence-corrected chi connectivity index (χ1v) is 8.25. The van der Waals surface area contributed by atoms with Crippen LogP contribution in [0.15, 0.2) is 0 Å². The van der Waals surface area contributed by atoms with Crippen molar-refractivity contribution in [2.75, 3.05) is 26.7 Å². The second kappa shape index (κ2) is 9.03. The SMILES string of the molecule is CCN(CC)C(=O)CN(C)C(=O)CCC1CCCC(N)C1. The zero-order valence-corrected chi connectivity index (χ0v) is 13.8. The lowest BCUT2D eigenvalue weighted by molar-refractivity contribution is -0.139. The number of hydrogen-bond donors (Lipinski definition) is 1. The van der Waals surface area contributed by atoms with Crippen LogP contribution in [0.25, 0.3) is 0 Å². The Hall–Kier alpha value is -1.10. The quantitative estimate of drug-likeness (QED) is 0.776. The standard InChI is InChI=1S/C16H31N3O2/c1-4-19(5-2)16(21)12-18(3)15(20)10-9-13-7-6-8-14(17)11-13/h13-14H,4-12,17H2,1-3H3. The lowest BCUT2D eigenvalue weighted by Gasteiger charge is -2.27. The van der Waals surface area contributed by atoms with Gasteiger partial charge in [0.1, 0.15) is 0 Å². The van der Waals surface area contributed by atoms with Crippen molar-refractivity contribution < 1.29 is 9.59 Å². The Morgan fingerprint density at radius 2 is 1.81 bits per heavy atom. The predicted molar refractivity (Wildman–Crippen MR) is 84.7 cm³/mol. The van der Waals surface area contributed by atoms with Gasteiger partial charge in [-0.25, -0.2) is 0 Å². The van der Waals surface area contributed by atoms with Crippen molar-refractivity contribution in [2.45, 2.75) is 58.4 Å². The van der Waals surface area contributed by atoms with Crippen molar-refractivity contribution in [3.8, 4) is 0 Å². The summed E-state index contributed by atoms with van der Waals surface area (Å²) in [5.74, 6) is 0.662. The summed E-state index contributed by atoms with van der Waals surface area (Å²) in [6, 6.07) is 0.306. The number of amides is 2. The van der Waals surface area contributed by atoms with E-state index in [1.54, 1.807) is 16.8 Å². The smallest absolute Gasteiger partial charge is 0.242 e. The number of nitrogens with two attached hydrogens (primary N) is 1. The molecule has 5 nitrogen and oxygen atoms in total. The first-order chi connectivity index (χ1) is 9.97. The molecular formula is C16H31N3O2. The van der Waals surface area contributed by atoms with Gasteiger partial charge in [-0.15, -0.1) is 0 Å². The molecule has 0 radical (unpaired) electrons. The summed E-state index contributed by atoms with van der Waals surface area (Å²) < 4.78 is 0. The highest BCUT2D eigenvalue weighted by atomic mass is 16.2. The minimum absolute atomic E-state index is 0.0236. The Labute approximate surface area is 128 Å². The van der Waals surface area contributed by atoms with E-state index in [2.05, 4.69) is 0 Å². The monoisotopic (exact) mass is 297 g/mol. The summed E-state index contributed by atoms with van der Waals surface area (Å²) in [7, 11) is 1.72. The van der Waals surface area contributed by atoms with E-state index in [1.807, 2.05) is 13.8 Å². The average Bonchev–Trinajstić information content (AvgIpc) is 2.46. The van der Waals surface area contributed by atoms with Crippen LogP contribution >= 0.6 is 0 Å². The molecule has 2 unspecified atom stereocenters. The van der Waals surface area contributed by atoms with Crippen molar-refractivity contribution in [1.29, 1.82) is 0 Å². The molecule has 1 aliphatic rings. The molecule has 0 heterocycles. The third kappa shape index (κ3) is 6.04. The normalized spacial score (nSPS) is 21.9. The van der Waals surface area contributed by atoms with E-state index in [-0.39, 0.29) is 18.4 Å². The molecule has 1 saturated carbocycles. The minimum atomic E-state index is 0.0236. The molecule has 0 saturated heterocycles. The third-order valence-corrected chi connectivity index (χ3v) is 4.50. The van der Waals surface area contributed by atoms with Gasteiger partial charge >= 0.3 is 0 Å². The van der Waals surface area contributed by atoms with Crippen LogP contribution in [0.1, 0.15) is 52.4 Å². The Bertz CT molecular complexity index is 342. The van der Waals surface area contributed by atoms with E-state index in [0.29, 0.717) is 31.5 Å². The molecule has 2 amide bonds. The number of carbonyl (C=O) groups is 2. The molecule has 2 atom stereocenters. The summed E-state index contributed by atoms with van der Waals surface area (Å²) >= 11 is 0. The Kier molecular flexibility index (Phi) is 7.72. The van der Waals surface area contributed by atoms with Gasteiger partial charge in [-0.05, 0) is 39.0 Å². The van der Waals surface area contributed by atoms with Crippen molar-refractivity contribution >= 4 is 11.8 Å². The van der Waals surface area contributed by atoms with Crippen LogP contribution in [0, 0.1) is 5.92 Å². The summed E-state index contributed by atoms with van der Waals surface area (Å²) in [5.41, 5.74) is 5.98. The van der Waals surface area contributed by atoms with Crippen LogP contribution in [0.4, 0.5) is 0 Å². The third-order valence-electron chi connectivity index (χ3n) is 4.50. The van der Waals surface area contributed by atoms with Gasteiger partial charge in [-0.1, -0.05) is 12.8 Å². The lowest BCUT2D eigenvalue weighted by atomic mass is 9.83. The van der Waals surface area contributed by atoms with E-state index < -0.39 is 0 Å². The van der Waals surface area contributed by atoms with Gasteiger partial charge in [0.05, 0.1) is 6.54 Å². The lowest BCUT2D eigenvalue weighted by Crippen LogP contribution is -2.41. The van der Waals surface area contributed by atoms with Gasteiger partial charge in [0.25, 0.3) is 0 Å². The van der Waals surface area contributed by atoms with Gasteiger partial charge in [0.15, 0.2) is 0 Å². The van der Waals surface area contributed by atoms with Gasteiger partial charge in [-0.3, -0.25) is 9.59 Å². The highest BCUT2D eigenvalue weighted by Gasteiger charge is 2.21. The fraction of sp³-hybridized carbons (Fsp3) is 0.875. The molecular weight excluding hydrogens is 266 g/mol. The highest BCUT2D eigenvalue weighted by Crippen LogP contribution is 2.26. The van der Waals surface area contributed by atoms with Crippen molar-refractivity contribution in [1.82, 2.24) is 9.80 Å². The molecule has 0 aromatic heterocycles. The summed E-state index contributed by atoms with van der Waals surface area (Å²) in [6.45, 7) is 5.48. The maximum absolute atomic E-state index is 12.1. The van der Waals surface area contributed by atoms with E-state index in [1.165, 1.54) is 12.8 Å². The molecule has 21 heavy (non-hydrogen) atoms. The molecule has 1 rings (SSSR count). The Morgan fingerprint density at radius 3 is 2.38 bits per heavy atom. The fourth-order valence-electron chi connectivity index (χ4n) is 3.08. The summed E-state index contributed by atoms with van der Waals surface area (Å²) in [6.07, 6.45) is 5.94. The summed E-state index contributed by atoms with van der Waals surface area (Å²) in [4.78, 5) is 27.4. The van der Waals surface area contributed by atoms with Gasteiger partial charge in [-0.2, -0.15) is 0 Å². The molecule has 0 aromatic rings. The molecule has 0 aromatic carbocycles. The average molecular weight is 297 g/mol. The first-order valence-electron chi connectivity index (χ1n) is 8.25. The van der Waals surface area contributed by atoms with Crippen LogP contribution < -0.4 is 5.73 Å². The molecule has 0 aliphatic heterocycles. The zero-order valence-electron chi connectivity index (χ0n) is 13.8. The number of rotatable bonds is 7. The zero-order chi connectivity index (χ0) is 15.8. The van der Waals surface area contributed by atoms with E-state index in [0.717, 1.165) is 19.3 Å². The molecule has 1 fully saturated rings. The number of likely N-dealkylation sites (N-methyl/N-ethyl adjacent to an activating group) is 2. The molecule has 5 heteroatoms. The number of nitrogens with zero attached hydrogens (tertiary/aromatic N) is 2. The van der Waals surface area contributed by atoms with Gasteiger partial charge in [0, 0.05) is 32.6 Å². The highest BCUT2D eigenvalue weighted by molar-refractivity contribution is 5.84. The molecule has 1 aliphatic carbocycles. The second-order valence-electron chi connectivity index (χ2n) is 6.15. The Balaban J connectivity index is 2.32. The van der Waals surface area contributed by atoms with Crippen LogP contribution in [-0.4, -0.2) is 54.3 Å². The van der Waals surface area contributed by atoms with E-state index in [9.17, 15) is 9.59 Å². The van der Waals surface area contributed by atoms with Gasteiger partial charge < -0.3 is 15.5 Å². The van der Waals surface area contributed by atoms with E-state index >= 15 is 0 Å². The number of carbonyl (C=O) groups excluding carboxylic acids is 2. The molecule has 0 bridgehead atoms. The topological polar surface area (TPSA) is 66.6 Å². The maximum Gasteiger partial charge on any atom is 0.242 e. The van der Waals surface area contributed by atoms with Crippen LogP contribution in [0.3, 0.4) is 0 Å². The maximum atomic E-state index is 12.1. The molecule has 2 N–H and O–H groups in total. The molecule has 122 valence electrons. The van der Waals surface area contributed by atoms with Crippen molar-refractivity contribution in [3.05, 3.63) is 0 Å².